The second-order valence-corrected chi connectivity index (χ2v) is 3.52. The van der Waals surface area contributed by atoms with Gasteiger partial charge in [0.15, 0.2) is 11.6 Å². The minimum Gasteiger partial charge on any atom is -0.436 e. The van der Waals surface area contributed by atoms with E-state index in [-0.39, 0.29) is 23.1 Å². The molecule has 0 bridgehead atoms. The van der Waals surface area contributed by atoms with Gasteiger partial charge in [-0.05, 0) is 12.1 Å². The SMILES string of the molecule is Nc1cc([N+](=O)[O-])cc(Oc2ccc(F)cc2F)n1. The third-order valence-electron chi connectivity index (χ3n) is 2.13. The molecule has 0 aliphatic rings. The molecule has 0 fully saturated rings. The topological polar surface area (TPSA) is 91.3 Å². The molecule has 0 spiro atoms. The van der Waals surface area contributed by atoms with Gasteiger partial charge in [-0.3, -0.25) is 10.1 Å². The molecule has 98 valence electrons. The van der Waals surface area contributed by atoms with E-state index in [1.807, 2.05) is 0 Å². The van der Waals surface area contributed by atoms with Gasteiger partial charge in [-0.15, -0.1) is 0 Å². The van der Waals surface area contributed by atoms with Gasteiger partial charge in [0.05, 0.1) is 17.1 Å². The van der Waals surface area contributed by atoms with Crippen molar-refractivity contribution in [3.63, 3.8) is 0 Å². The molecule has 0 saturated heterocycles. The highest BCUT2D eigenvalue weighted by Gasteiger charge is 2.13. The minimum absolute atomic E-state index is 0.147. The molecule has 6 nitrogen and oxygen atoms in total. The van der Waals surface area contributed by atoms with Crippen LogP contribution in [0.3, 0.4) is 0 Å². The fourth-order valence-electron chi connectivity index (χ4n) is 1.34. The molecule has 2 aromatic rings. The van der Waals surface area contributed by atoms with Crippen LogP contribution in [-0.4, -0.2) is 9.91 Å². The average molecular weight is 267 g/mol. The van der Waals surface area contributed by atoms with Crippen LogP contribution in [0.25, 0.3) is 0 Å². The lowest BCUT2D eigenvalue weighted by molar-refractivity contribution is -0.384. The predicted octanol–water partition coefficient (Wildman–Crippen LogP) is 2.64. The summed E-state index contributed by atoms with van der Waals surface area (Å²) in [4.78, 5) is 13.6. The summed E-state index contributed by atoms with van der Waals surface area (Å²) < 4.78 is 31.0. The van der Waals surface area contributed by atoms with Crippen LogP contribution in [0.5, 0.6) is 11.6 Å². The van der Waals surface area contributed by atoms with Crippen LogP contribution < -0.4 is 10.5 Å². The molecule has 0 aliphatic heterocycles. The van der Waals surface area contributed by atoms with Crippen LogP contribution in [-0.2, 0) is 0 Å². The number of nitrogens with zero attached hydrogens (tertiary/aromatic N) is 2. The molecule has 0 amide bonds. The largest absolute Gasteiger partial charge is 0.436 e. The first-order valence-corrected chi connectivity index (χ1v) is 5.00. The lowest BCUT2D eigenvalue weighted by Crippen LogP contribution is -1.98. The van der Waals surface area contributed by atoms with E-state index in [0.29, 0.717) is 6.07 Å². The van der Waals surface area contributed by atoms with Gasteiger partial charge in [0.25, 0.3) is 5.69 Å². The maximum absolute atomic E-state index is 13.3. The van der Waals surface area contributed by atoms with Crippen molar-refractivity contribution in [2.24, 2.45) is 0 Å². The smallest absolute Gasteiger partial charge is 0.278 e. The number of halogens is 2. The number of hydrogen-bond donors (Lipinski definition) is 1. The van der Waals surface area contributed by atoms with Crippen LogP contribution in [0.1, 0.15) is 0 Å². The van der Waals surface area contributed by atoms with Crippen LogP contribution in [0.2, 0.25) is 0 Å². The molecule has 0 aliphatic carbocycles. The number of hydrogen-bond acceptors (Lipinski definition) is 5. The number of aromatic nitrogens is 1. The van der Waals surface area contributed by atoms with E-state index in [0.717, 1.165) is 24.3 Å². The summed E-state index contributed by atoms with van der Waals surface area (Å²) >= 11 is 0. The van der Waals surface area contributed by atoms with E-state index < -0.39 is 16.6 Å². The van der Waals surface area contributed by atoms with Gasteiger partial charge in [0, 0.05) is 6.07 Å². The summed E-state index contributed by atoms with van der Waals surface area (Å²) in [6.07, 6.45) is 0. The van der Waals surface area contributed by atoms with Gasteiger partial charge in [-0.25, -0.2) is 8.78 Å². The normalized spacial score (nSPS) is 10.2. The molecule has 0 saturated carbocycles. The van der Waals surface area contributed by atoms with E-state index in [2.05, 4.69) is 4.98 Å². The first-order valence-electron chi connectivity index (χ1n) is 5.00. The number of nitrogens with two attached hydrogens (primary N) is 1. The highest BCUT2D eigenvalue weighted by molar-refractivity contribution is 5.46. The summed E-state index contributed by atoms with van der Waals surface area (Å²) in [6, 6.07) is 4.67. The van der Waals surface area contributed by atoms with Crippen molar-refractivity contribution in [2.45, 2.75) is 0 Å². The monoisotopic (exact) mass is 267 g/mol. The van der Waals surface area contributed by atoms with E-state index in [1.165, 1.54) is 0 Å². The molecular formula is C11H7F2N3O3. The zero-order valence-corrected chi connectivity index (χ0v) is 9.34. The summed E-state index contributed by atoms with van der Waals surface area (Å²) in [6.45, 7) is 0. The second-order valence-electron chi connectivity index (χ2n) is 3.52. The number of nitrogen functional groups attached to an aromatic ring is 1. The molecule has 1 aromatic carbocycles. The summed E-state index contributed by atoms with van der Waals surface area (Å²) in [7, 11) is 0. The average Bonchev–Trinajstić information content (AvgIpc) is 2.32. The van der Waals surface area contributed by atoms with Gasteiger partial charge in [-0.2, -0.15) is 4.98 Å². The third kappa shape index (κ3) is 2.92. The van der Waals surface area contributed by atoms with E-state index in [9.17, 15) is 18.9 Å². The number of rotatable bonds is 3. The third-order valence-corrected chi connectivity index (χ3v) is 2.13. The number of benzene rings is 1. The summed E-state index contributed by atoms with van der Waals surface area (Å²) in [5.74, 6) is -2.43. The van der Waals surface area contributed by atoms with Crippen molar-refractivity contribution in [1.29, 1.82) is 0 Å². The molecule has 2 N–H and O–H groups in total. The van der Waals surface area contributed by atoms with Crippen LogP contribution >= 0.6 is 0 Å². The molecule has 0 atom stereocenters. The molecular weight excluding hydrogens is 260 g/mol. The highest BCUT2D eigenvalue weighted by atomic mass is 19.1. The molecule has 0 unspecified atom stereocenters. The van der Waals surface area contributed by atoms with Crippen LogP contribution in [0.4, 0.5) is 20.3 Å². The highest BCUT2D eigenvalue weighted by Crippen LogP contribution is 2.27. The number of anilines is 1. The Morgan fingerprint density at radius 1 is 1.26 bits per heavy atom. The van der Waals surface area contributed by atoms with Gasteiger partial charge < -0.3 is 10.5 Å². The predicted molar refractivity (Wildman–Crippen MR) is 61.7 cm³/mol. The van der Waals surface area contributed by atoms with Gasteiger partial charge in [0.2, 0.25) is 5.88 Å². The van der Waals surface area contributed by atoms with E-state index in [4.69, 9.17) is 10.5 Å². The maximum atomic E-state index is 13.3. The molecule has 0 radical (unpaired) electrons. The summed E-state index contributed by atoms with van der Waals surface area (Å²) in [5, 5.41) is 10.6. The van der Waals surface area contributed by atoms with Gasteiger partial charge >= 0.3 is 0 Å². The lowest BCUT2D eigenvalue weighted by atomic mass is 10.3. The Balaban J connectivity index is 2.35. The Morgan fingerprint density at radius 2 is 2.00 bits per heavy atom. The van der Waals surface area contributed by atoms with Crippen molar-refractivity contribution in [3.05, 3.63) is 52.1 Å². The number of nitro groups is 1. The first kappa shape index (κ1) is 12.7. The Hall–Kier alpha value is -2.77. The zero-order valence-electron chi connectivity index (χ0n) is 9.34. The summed E-state index contributed by atoms with van der Waals surface area (Å²) in [5.41, 5.74) is 5.02. The van der Waals surface area contributed by atoms with Crippen molar-refractivity contribution in [1.82, 2.24) is 4.98 Å². The molecule has 19 heavy (non-hydrogen) atoms. The quantitative estimate of drug-likeness (QED) is 0.681. The molecule has 1 aromatic heterocycles. The maximum Gasteiger partial charge on any atom is 0.278 e. The number of ether oxygens (including phenoxy) is 1. The minimum atomic E-state index is -0.952. The molecule has 8 heteroatoms. The second kappa shape index (κ2) is 4.84. The van der Waals surface area contributed by atoms with Crippen molar-refractivity contribution in [2.75, 3.05) is 5.73 Å². The zero-order chi connectivity index (χ0) is 14.0. The first-order chi connectivity index (χ1) is 8.95. The molecule has 2 rings (SSSR count). The van der Waals surface area contributed by atoms with Crippen molar-refractivity contribution < 1.29 is 18.4 Å². The Kier molecular flexibility index (Phi) is 3.23. The fourth-order valence-corrected chi connectivity index (χ4v) is 1.34. The van der Waals surface area contributed by atoms with Crippen LogP contribution in [0.15, 0.2) is 30.3 Å². The van der Waals surface area contributed by atoms with Crippen LogP contribution in [0, 0.1) is 21.7 Å². The van der Waals surface area contributed by atoms with E-state index in [1.54, 1.807) is 0 Å². The van der Waals surface area contributed by atoms with Gasteiger partial charge in [0.1, 0.15) is 11.6 Å². The lowest BCUT2D eigenvalue weighted by Gasteiger charge is -2.06. The van der Waals surface area contributed by atoms with Gasteiger partial charge in [-0.1, -0.05) is 0 Å². The Morgan fingerprint density at radius 3 is 2.63 bits per heavy atom. The Bertz CT molecular complexity index is 649. The van der Waals surface area contributed by atoms with E-state index >= 15 is 0 Å². The fraction of sp³-hybridized carbons (Fsp3) is 0. The molecule has 1 heterocycles. The Labute approximate surface area is 105 Å². The van der Waals surface area contributed by atoms with Crippen molar-refractivity contribution >= 4 is 11.5 Å². The standard InChI is InChI=1S/C11H7F2N3O3/c12-6-1-2-9(8(13)3-6)19-11-5-7(16(17)18)4-10(14)15-11/h1-5H,(H2,14,15). The van der Waals surface area contributed by atoms with Crippen molar-refractivity contribution in [3.8, 4) is 11.6 Å². The number of pyridine rings is 1.